The number of thiol groups is 1. The minimum absolute atomic E-state index is 1.02. The van der Waals surface area contributed by atoms with Gasteiger partial charge in [-0.2, -0.15) is 12.6 Å². The molecule has 0 radical (unpaired) electrons. The van der Waals surface area contributed by atoms with Gasteiger partial charge in [-0.1, -0.05) is 12.8 Å². The zero-order valence-electron chi connectivity index (χ0n) is 10.1. The molecule has 0 spiro atoms. The molecule has 0 unspecified atom stereocenters. The molecule has 0 saturated heterocycles. The fourth-order valence-electron chi connectivity index (χ4n) is 1.73. The highest BCUT2D eigenvalue weighted by molar-refractivity contribution is 7.80. The Morgan fingerprint density at radius 1 is 1.12 bits per heavy atom. The number of rotatable bonds is 8. The molecule has 0 saturated carbocycles. The van der Waals surface area contributed by atoms with E-state index < -0.39 is 0 Å². The van der Waals surface area contributed by atoms with Crippen LogP contribution in [0.1, 0.15) is 31.2 Å². The minimum Gasteiger partial charge on any atom is -0.302 e. The molecule has 1 rings (SSSR count). The summed E-state index contributed by atoms with van der Waals surface area (Å²) in [7, 11) is 2.18. The van der Waals surface area contributed by atoms with E-state index >= 15 is 0 Å². The third-order valence-corrected chi connectivity index (χ3v) is 2.97. The molecule has 0 aliphatic carbocycles. The van der Waals surface area contributed by atoms with E-state index in [2.05, 4.69) is 41.7 Å². The van der Waals surface area contributed by atoms with E-state index in [1.807, 2.05) is 12.4 Å². The third kappa shape index (κ3) is 6.13. The first-order valence-electron chi connectivity index (χ1n) is 6.01. The molecule has 0 aliphatic rings. The summed E-state index contributed by atoms with van der Waals surface area (Å²) in [5.41, 5.74) is 1.34. The van der Waals surface area contributed by atoms with Crippen molar-refractivity contribution >= 4 is 12.6 Å². The van der Waals surface area contributed by atoms with Crippen LogP contribution in [0.3, 0.4) is 0 Å². The molecule has 3 heteroatoms. The maximum absolute atomic E-state index is 4.21. The average molecular weight is 238 g/mol. The first-order chi connectivity index (χ1) is 7.83. The number of nitrogens with zero attached hydrogens (tertiary/aromatic N) is 2. The Morgan fingerprint density at radius 2 is 1.81 bits per heavy atom. The summed E-state index contributed by atoms with van der Waals surface area (Å²) in [6, 6.07) is 4.16. The number of pyridine rings is 1. The Kier molecular flexibility index (Phi) is 7.26. The summed E-state index contributed by atoms with van der Waals surface area (Å²) in [5.74, 6) is 1.02. The van der Waals surface area contributed by atoms with Crippen LogP contribution in [0.2, 0.25) is 0 Å². The molecule has 2 nitrogen and oxygen atoms in total. The lowest BCUT2D eigenvalue weighted by Crippen LogP contribution is -2.19. The number of hydrogen-bond acceptors (Lipinski definition) is 3. The second-order valence-electron chi connectivity index (χ2n) is 4.23. The van der Waals surface area contributed by atoms with Gasteiger partial charge < -0.3 is 4.90 Å². The van der Waals surface area contributed by atoms with Crippen LogP contribution >= 0.6 is 12.6 Å². The molecular weight excluding hydrogens is 216 g/mol. The highest BCUT2D eigenvalue weighted by Gasteiger charge is 1.99. The van der Waals surface area contributed by atoms with E-state index in [9.17, 15) is 0 Å². The van der Waals surface area contributed by atoms with Crippen molar-refractivity contribution in [2.45, 2.75) is 32.2 Å². The van der Waals surface area contributed by atoms with Crippen molar-refractivity contribution in [3.8, 4) is 0 Å². The van der Waals surface area contributed by atoms with E-state index in [0.29, 0.717) is 0 Å². The van der Waals surface area contributed by atoms with Crippen LogP contribution < -0.4 is 0 Å². The van der Waals surface area contributed by atoms with Crippen LogP contribution in [0.4, 0.5) is 0 Å². The van der Waals surface area contributed by atoms with Gasteiger partial charge in [0.15, 0.2) is 0 Å². The van der Waals surface area contributed by atoms with Crippen molar-refractivity contribution in [3.63, 3.8) is 0 Å². The summed E-state index contributed by atoms with van der Waals surface area (Å²) in [5, 5.41) is 0. The Bertz CT molecular complexity index is 264. The lowest BCUT2D eigenvalue weighted by Gasteiger charge is -2.16. The first kappa shape index (κ1) is 13.5. The molecule has 1 aromatic heterocycles. The van der Waals surface area contributed by atoms with Crippen LogP contribution in [0.15, 0.2) is 24.5 Å². The van der Waals surface area contributed by atoms with E-state index in [4.69, 9.17) is 0 Å². The van der Waals surface area contributed by atoms with Gasteiger partial charge in [0.2, 0.25) is 0 Å². The SMILES string of the molecule is CN(CCCCCCS)Cc1ccncc1. The fraction of sp³-hybridized carbons (Fsp3) is 0.615. The van der Waals surface area contributed by atoms with Gasteiger partial charge in [0, 0.05) is 18.9 Å². The molecule has 0 N–H and O–H groups in total. The van der Waals surface area contributed by atoms with Gasteiger partial charge in [-0.3, -0.25) is 4.98 Å². The minimum atomic E-state index is 1.02. The smallest absolute Gasteiger partial charge is 0.0271 e. The maximum Gasteiger partial charge on any atom is 0.0271 e. The molecule has 0 fully saturated rings. The van der Waals surface area contributed by atoms with Crippen molar-refractivity contribution in [1.29, 1.82) is 0 Å². The van der Waals surface area contributed by atoms with Gasteiger partial charge in [0.1, 0.15) is 0 Å². The van der Waals surface area contributed by atoms with Gasteiger partial charge in [-0.25, -0.2) is 0 Å². The van der Waals surface area contributed by atoms with E-state index in [1.165, 1.54) is 37.8 Å². The monoisotopic (exact) mass is 238 g/mol. The van der Waals surface area contributed by atoms with E-state index in [-0.39, 0.29) is 0 Å². The molecule has 0 aliphatic heterocycles. The highest BCUT2D eigenvalue weighted by atomic mass is 32.1. The molecule has 0 atom stereocenters. The second kappa shape index (κ2) is 8.59. The topological polar surface area (TPSA) is 16.1 Å². The summed E-state index contributed by atoms with van der Waals surface area (Å²) < 4.78 is 0. The highest BCUT2D eigenvalue weighted by Crippen LogP contribution is 2.05. The molecule has 0 bridgehead atoms. The van der Waals surface area contributed by atoms with E-state index in [0.717, 1.165) is 12.3 Å². The quantitative estimate of drug-likeness (QED) is 0.553. The average Bonchev–Trinajstić information content (AvgIpc) is 2.30. The van der Waals surface area contributed by atoms with Gasteiger partial charge >= 0.3 is 0 Å². The Morgan fingerprint density at radius 3 is 2.50 bits per heavy atom. The molecule has 1 heterocycles. The predicted octanol–water partition coefficient (Wildman–Crippen LogP) is 3.00. The first-order valence-corrected chi connectivity index (χ1v) is 6.64. The Hall–Kier alpha value is -0.540. The molecule has 90 valence electrons. The number of unbranched alkanes of at least 4 members (excludes halogenated alkanes) is 3. The van der Waals surface area contributed by atoms with Gasteiger partial charge in [0.05, 0.1) is 0 Å². The Balaban J connectivity index is 2.09. The van der Waals surface area contributed by atoms with Crippen molar-refractivity contribution in [2.75, 3.05) is 19.3 Å². The van der Waals surface area contributed by atoms with Crippen molar-refractivity contribution in [2.24, 2.45) is 0 Å². The zero-order valence-corrected chi connectivity index (χ0v) is 11.0. The molecule has 1 aromatic rings. The summed E-state index contributed by atoms with van der Waals surface area (Å²) in [6.45, 7) is 2.20. The van der Waals surface area contributed by atoms with Crippen LogP contribution in [0.5, 0.6) is 0 Å². The molecule has 0 amide bonds. The fourth-order valence-corrected chi connectivity index (χ4v) is 1.95. The van der Waals surface area contributed by atoms with E-state index in [1.54, 1.807) is 0 Å². The molecule has 0 aromatic carbocycles. The van der Waals surface area contributed by atoms with Gasteiger partial charge in [-0.05, 0) is 49.9 Å². The van der Waals surface area contributed by atoms with Crippen molar-refractivity contribution in [3.05, 3.63) is 30.1 Å². The van der Waals surface area contributed by atoms with Gasteiger partial charge in [-0.15, -0.1) is 0 Å². The van der Waals surface area contributed by atoms with Gasteiger partial charge in [0.25, 0.3) is 0 Å². The van der Waals surface area contributed by atoms with Crippen molar-refractivity contribution < 1.29 is 0 Å². The number of aromatic nitrogens is 1. The second-order valence-corrected chi connectivity index (χ2v) is 4.68. The zero-order chi connectivity index (χ0) is 11.6. The molecule has 16 heavy (non-hydrogen) atoms. The largest absolute Gasteiger partial charge is 0.302 e. The standard InChI is InChI=1S/C13H22N2S/c1-15(10-4-2-3-5-11-16)12-13-6-8-14-9-7-13/h6-9,16H,2-5,10-12H2,1H3. The predicted molar refractivity (Wildman–Crippen MR) is 72.9 cm³/mol. The summed E-state index contributed by atoms with van der Waals surface area (Å²) in [4.78, 5) is 6.39. The lowest BCUT2D eigenvalue weighted by atomic mass is 10.2. The van der Waals surface area contributed by atoms with Crippen LogP contribution in [0, 0.1) is 0 Å². The maximum atomic E-state index is 4.21. The lowest BCUT2D eigenvalue weighted by molar-refractivity contribution is 0.317. The van der Waals surface area contributed by atoms with Crippen LogP contribution in [-0.4, -0.2) is 29.2 Å². The normalized spacial score (nSPS) is 10.9. The summed E-state index contributed by atoms with van der Waals surface area (Å²) in [6.07, 6.45) is 8.88. The third-order valence-electron chi connectivity index (χ3n) is 2.65. The van der Waals surface area contributed by atoms with Crippen molar-refractivity contribution in [1.82, 2.24) is 9.88 Å². The summed E-state index contributed by atoms with van der Waals surface area (Å²) >= 11 is 4.21. The van der Waals surface area contributed by atoms with Crippen LogP contribution in [0.25, 0.3) is 0 Å². The molecular formula is C13H22N2S. The van der Waals surface area contributed by atoms with Crippen LogP contribution in [-0.2, 0) is 6.54 Å². The Labute approximate surface area is 104 Å². The number of hydrogen-bond donors (Lipinski definition) is 1.